The summed E-state index contributed by atoms with van der Waals surface area (Å²) in [6, 6.07) is 1.81. The van der Waals surface area contributed by atoms with Crippen molar-refractivity contribution in [2.45, 2.75) is 0 Å². The number of hydrogen-bond acceptors (Lipinski definition) is 5. The largest absolute Gasteiger partial charge is 0.382 e. The number of pyridine rings is 1. The SMILES string of the molecule is C=Cc1cnc2c(N)nc(N)nc2c1. The van der Waals surface area contributed by atoms with Crippen LogP contribution in [0.4, 0.5) is 11.8 Å². The van der Waals surface area contributed by atoms with Gasteiger partial charge in [-0.3, -0.25) is 4.98 Å². The lowest BCUT2D eigenvalue weighted by molar-refractivity contribution is 1.22. The first-order valence-electron chi connectivity index (χ1n) is 4.02. The Morgan fingerprint density at radius 1 is 1.29 bits per heavy atom. The number of fused-ring (bicyclic) bond motifs is 1. The van der Waals surface area contributed by atoms with Crippen molar-refractivity contribution in [3.8, 4) is 0 Å². The summed E-state index contributed by atoms with van der Waals surface area (Å²) < 4.78 is 0. The molecule has 0 aromatic carbocycles. The van der Waals surface area contributed by atoms with Gasteiger partial charge in [-0.1, -0.05) is 12.7 Å². The van der Waals surface area contributed by atoms with E-state index in [1.54, 1.807) is 12.3 Å². The Balaban J connectivity index is 2.81. The number of hydrogen-bond donors (Lipinski definition) is 2. The van der Waals surface area contributed by atoms with Crippen LogP contribution in [0.2, 0.25) is 0 Å². The number of rotatable bonds is 1. The van der Waals surface area contributed by atoms with E-state index in [1.165, 1.54) is 0 Å². The second-order valence-corrected chi connectivity index (χ2v) is 2.81. The topological polar surface area (TPSA) is 90.7 Å². The minimum atomic E-state index is 0.151. The third kappa shape index (κ3) is 1.24. The van der Waals surface area contributed by atoms with Gasteiger partial charge in [-0.05, 0) is 11.6 Å². The van der Waals surface area contributed by atoms with Crippen LogP contribution in [-0.2, 0) is 0 Å². The van der Waals surface area contributed by atoms with Gasteiger partial charge in [0.05, 0.1) is 5.52 Å². The van der Waals surface area contributed by atoms with E-state index in [0.29, 0.717) is 16.9 Å². The zero-order valence-corrected chi connectivity index (χ0v) is 7.44. The van der Waals surface area contributed by atoms with Crippen LogP contribution in [0.25, 0.3) is 17.1 Å². The van der Waals surface area contributed by atoms with Crippen LogP contribution < -0.4 is 11.5 Å². The molecule has 2 rings (SSSR count). The Labute approximate surface area is 80.5 Å². The Morgan fingerprint density at radius 3 is 2.79 bits per heavy atom. The predicted octanol–water partition coefficient (Wildman–Crippen LogP) is 0.832. The van der Waals surface area contributed by atoms with Gasteiger partial charge in [0.2, 0.25) is 5.95 Å². The normalized spacial score (nSPS) is 10.3. The number of nitrogen functional groups attached to an aromatic ring is 2. The van der Waals surface area contributed by atoms with Gasteiger partial charge in [-0.2, -0.15) is 4.98 Å². The van der Waals surface area contributed by atoms with Gasteiger partial charge >= 0.3 is 0 Å². The van der Waals surface area contributed by atoms with Crippen LogP contribution in [0.5, 0.6) is 0 Å². The molecule has 5 heteroatoms. The molecule has 2 aromatic rings. The lowest BCUT2D eigenvalue weighted by atomic mass is 10.2. The monoisotopic (exact) mass is 187 g/mol. The molecular weight excluding hydrogens is 178 g/mol. The highest BCUT2D eigenvalue weighted by atomic mass is 15.0. The van der Waals surface area contributed by atoms with E-state index in [4.69, 9.17) is 11.5 Å². The minimum Gasteiger partial charge on any atom is -0.382 e. The first-order valence-corrected chi connectivity index (χ1v) is 4.02. The van der Waals surface area contributed by atoms with Crippen LogP contribution >= 0.6 is 0 Å². The van der Waals surface area contributed by atoms with E-state index in [2.05, 4.69) is 21.5 Å². The summed E-state index contributed by atoms with van der Waals surface area (Å²) in [6.45, 7) is 3.64. The highest BCUT2D eigenvalue weighted by molar-refractivity contribution is 5.86. The molecule has 70 valence electrons. The molecule has 2 aromatic heterocycles. The van der Waals surface area contributed by atoms with E-state index >= 15 is 0 Å². The molecule has 2 heterocycles. The first kappa shape index (κ1) is 8.43. The minimum absolute atomic E-state index is 0.151. The Morgan fingerprint density at radius 2 is 2.07 bits per heavy atom. The molecule has 5 nitrogen and oxygen atoms in total. The number of nitrogens with zero attached hydrogens (tertiary/aromatic N) is 3. The summed E-state index contributed by atoms with van der Waals surface area (Å²) in [5.74, 6) is 0.445. The van der Waals surface area contributed by atoms with Crippen molar-refractivity contribution in [1.82, 2.24) is 15.0 Å². The molecule has 0 unspecified atom stereocenters. The fraction of sp³-hybridized carbons (Fsp3) is 0. The second-order valence-electron chi connectivity index (χ2n) is 2.81. The van der Waals surface area contributed by atoms with Crippen molar-refractivity contribution in [3.63, 3.8) is 0 Å². The summed E-state index contributed by atoms with van der Waals surface area (Å²) >= 11 is 0. The molecule has 0 fully saturated rings. The van der Waals surface area contributed by atoms with Crippen molar-refractivity contribution in [2.75, 3.05) is 11.5 Å². The Kier molecular flexibility index (Phi) is 1.78. The lowest BCUT2D eigenvalue weighted by Crippen LogP contribution is -2.01. The van der Waals surface area contributed by atoms with Gasteiger partial charge in [-0.25, -0.2) is 4.98 Å². The maximum Gasteiger partial charge on any atom is 0.222 e. The molecule has 14 heavy (non-hydrogen) atoms. The number of nitrogens with two attached hydrogens (primary N) is 2. The van der Waals surface area contributed by atoms with Gasteiger partial charge in [0.1, 0.15) is 5.52 Å². The third-order valence-corrected chi connectivity index (χ3v) is 1.84. The molecule has 0 aliphatic heterocycles. The molecule has 0 saturated heterocycles. The average molecular weight is 187 g/mol. The predicted molar refractivity (Wildman–Crippen MR) is 56.2 cm³/mol. The van der Waals surface area contributed by atoms with Crippen LogP contribution in [0.3, 0.4) is 0 Å². The van der Waals surface area contributed by atoms with Crippen LogP contribution in [-0.4, -0.2) is 15.0 Å². The molecule has 0 amide bonds. The highest BCUT2D eigenvalue weighted by Crippen LogP contribution is 2.17. The third-order valence-electron chi connectivity index (χ3n) is 1.84. The van der Waals surface area contributed by atoms with Crippen molar-refractivity contribution >= 4 is 28.9 Å². The maximum atomic E-state index is 5.63. The van der Waals surface area contributed by atoms with E-state index in [1.807, 2.05) is 6.07 Å². The van der Waals surface area contributed by atoms with Gasteiger partial charge in [0.25, 0.3) is 0 Å². The fourth-order valence-electron chi connectivity index (χ4n) is 1.19. The standard InChI is InChI=1S/C9H9N5/c1-2-5-3-6-7(12-4-5)8(10)14-9(11)13-6/h2-4H,1H2,(H4,10,11,13,14). The van der Waals surface area contributed by atoms with Gasteiger partial charge < -0.3 is 11.5 Å². The molecule has 0 aliphatic rings. The molecule has 0 spiro atoms. The van der Waals surface area contributed by atoms with Crippen LogP contribution in [0, 0.1) is 0 Å². The van der Waals surface area contributed by atoms with Crippen molar-refractivity contribution in [3.05, 3.63) is 24.4 Å². The van der Waals surface area contributed by atoms with Gasteiger partial charge in [-0.15, -0.1) is 0 Å². The smallest absolute Gasteiger partial charge is 0.222 e. The number of aromatic nitrogens is 3. The van der Waals surface area contributed by atoms with E-state index in [9.17, 15) is 0 Å². The molecule has 0 atom stereocenters. The van der Waals surface area contributed by atoms with Crippen molar-refractivity contribution < 1.29 is 0 Å². The summed E-state index contributed by atoms with van der Waals surface area (Å²) in [4.78, 5) is 12.0. The second kappa shape index (κ2) is 2.95. The van der Waals surface area contributed by atoms with E-state index < -0.39 is 0 Å². The zero-order chi connectivity index (χ0) is 10.1. The van der Waals surface area contributed by atoms with Gasteiger partial charge in [0.15, 0.2) is 5.82 Å². The summed E-state index contributed by atoms with van der Waals surface area (Å²) in [5.41, 5.74) is 13.2. The molecule has 0 bridgehead atoms. The molecule has 0 radical (unpaired) electrons. The quantitative estimate of drug-likeness (QED) is 0.690. The summed E-state index contributed by atoms with van der Waals surface area (Å²) in [5, 5.41) is 0. The molecule has 0 saturated carbocycles. The van der Waals surface area contributed by atoms with Crippen LogP contribution in [0.1, 0.15) is 5.56 Å². The Bertz CT molecular complexity index is 506. The first-order chi connectivity index (χ1) is 6.70. The fourth-order valence-corrected chi connectivity index (χ4v) is 1.19. The van der Waals surface area contributed by atoms with Crippen molar-refractivity contribution in [2.24, 2.45) is 0 Å². The van der Waals surface area contributed by atoms with Gasteiger partial charge in [0, 0.05) is 6.20 Å². The van der Waals surface area contributed by atoms with Crippen molar-refractivity contribution in [1.29, 1.82) is 0 Å². The Hall–Kier alpha value is -2.17. The van der Waals surface area contributed by atoms with E-state index in [0.717, 1.165) is 5.56 Å². The summed E-state index contributed by atoms with van der Waals surface area (Å²) in [7, 11) is 0. The lowest BCUT2D eigenvalue weighted by Gasteiger charge is -2.01. The number of anilines is 2. The average Bonchev–Trinajstić information content (AvgIpc) is 2.16. The molecule has 4 N–H and O–H groups in total. The molecule has 0 aliphatic carbocycles. The zero-order valence-electron chi connectivity index (χ0n) is 7.44. The summed E-state index contributed by atoms with van der Waals surface area (Å²) in [6.07, 6.45) is 3.34. The van der Waals surface area contributed by atoms with E-state index in [-0.39, 0.29) is 5.95 Å². The maximum absolute atomic E-state index is 5.63. The van der Waals surface area contributed by atoms with Crippen LogP contribution in [0.15, 0.2) is 18.8 Å². The highest BCUT2D eigenvalue weighted by Gasteiger charge is 2.04. The molecular formula is C9H9N5.